The van der Waals surface area contributed by atoms with Crippen LogP contribution >= 0.6 is 25.3 Å². The molecule has 0 fully saturated rings. The Kier molecular flexibility index (Phi) is 5.50. The van der Waals surface area contributed by atoms with Crippen LogP contribution in [0.25, 0.3) is 0 Å². The largest absolute Gasteiger partial charge is 0.460 e. The smallest absolute Gasteiger partial charge is 0.333 e. The number of ether oxygens (including phenoxy) is 1. The molecule has 64 valence electrons. The van der Waals surface area contributed by atoms with Crippen LogP contribution in [0.15, 0.2) is 11.6 Å². The van der Waals surface area contributed by atoms with Crippen molar-refractivity contribution in [2.75, 3.05) is 6.61 Å². The summed E-state index contributed by atoms with van der Waals surface area (Å²) in [7, 11) is 0. The van der Waals surface area contributed by atoms with E-state index in [1.54, 1.807) is 19.9 Å². The van der Waals surface area contributed by atoms with Gasteiger partial charge in [-0.1, -0.05) is 6.08 Å². The molecule has 0 unspecified atom stereocenters. The zero-order valence-electron chi connectivity index (χ0n) is 6.57. The van der Waals surface area contributed by atoms with Crippen LogP contribution in [0.1, 0.15) is 13.8 Å². The lowest BCUT2D eigenvalue weighted by Crippen LogP contribution is -2.10. The Morgan fingerprint density at radius 2 is 2.18 bits per heavy atom. The first-order chi connectivity index (χ1) is 5.07. The van der Waals surface area contributed by atoms with E-state index in [0.29, 0.717) is 5.57 Å². The number of hydrogen-bond donors (Lipinski definition) is 2. The summed E-state index contributed by atoms with van der Waals surface area (Å²) >= 11 is 7.88. The molecule has 0 aliphatic heterocycles. The second-order valence-corrected chi connectivity index (χ2v) is 3.70. The Morgan fingerprint density at radius 3 is 2.55 bits per heavy atom. The summed E-state index contributed by atoms with van der Waals surface area (Å²) < 4.78 is 4.59. The van der Waals surface area contributed by atoms with Crippen LogP contribution in [-0.4, -0.2) is 17.2 Å². The minimum atomic E-state index is -0.305. The summed E-state index contributed by atoms with van der Waals surface area (Å²) in [6.07, 6.45) is 1.70. The van der Waals surface area contributed by atoms with Crippen LogP contribution in [0.2, 0.25) is 0 Å². The predicted octanol–water partition coefficient (Wildman–Crippen LogP) is 1.68. The van der Waals surface area contributed by atoms with Gasteiger partial charge in [-0.15, -0.1) is 0 Å². The lowest BCUT2D eigenvalue weighted by Gasteiger charge is -2.05. The molecular weight excluding hydrogens is 180 g/mol. The zero-order valence-corrected chi connectivity index (χ0v) is 8.36. The van der Waals surface area contributed by atoms with Crippen molar-refractivity contribution in [1.82, 2.24) is 0 Å². The van der Waals surface area contributed by atoms with Crippen molar-refractivity contribution >= 4 is 31.2 Å². The minimum Gasteiger partial charge on any atom is -0.460 e. The third-order valence-corrected chi connectivity index (χ3v) is 1.42. The molecule has 2 nitrogen and oxygen atoms in total. The fraction of sp³-hybridized carbons (Fsp3) is 0.571. The Morgan fingerprint density at radius 1 is 1.64 bits per heavy atom. The second-order valence-electron chi connectivity index (χ2n) is 2.05. The third kappa shape index (κ3) is 5.21. The van der Waals surface area contributed by atoms with Gasteiger partial charge in [0.1, 0.15) is 6.61 Å². The minimum absolute atomic E-state index is 0.205. The predicted molar refractivity (Wildman–Crippen MR) is 52.2 cm³/mol. The van der Waals surface area contributed by atoms with Crippen molar-refractivity contribution in [1.29, 1.82) is 0 Å². The Bertz CT molecular complexity index is 164. The molecule has 4 heteroatoms. The Labute approximate surface area is 77.8 Å². The molecule has 0 atom stereocenters. The van der Waals surface area contributed by atoms with Crippen LogP contribution in [0.3, 0.4) is 0 Å². The maximum atomic E-state index is 10.9. The van der Waals surface area contributed by atoms with E-state index in [1.807, 2.05) is 0 Å². The summed E-state index contributed by atoms with van der Waals surface area (Å²) in [6, 6.07) is 0. The number of carbonyl (C=O) groups excluding carboxylic acids is 1. The van der Waals surface area contributed by atoms with Gasteiger partial charge in [0.15, 0.2) is 0 Å². The molecule has 0 amide bonds. The molecule has 0 radical (unpaired) electrons. The Balaban J connectivity index is 3.71. The van der Waals surface area contributed by atoms with E-state index >= 15 is 0 Å². The summed E-state index contributed by atoms with van der Waals surface area (Å²) in [4.78, 5) is 10.9. The highest BCUT2D eigenvalue weighted by molar-refractivity contribution is 7.99. The van der Waals surface area contributed by atoms with Crippen LogP contribution < -0.4 is 0 Å². The van der Waals surface area contributed by atoms with Crippen molar-refractivity contribution in [3.8, 4) is 0 Å². The van der Waals surface area contributed by atoms with E-state index in [4.69, 9.17) is 4.74 Å². The van der Waals surface area contributed by atoms with Crippen molar-refractivity contribution in [2.24, 2.45) is 0 Å². The first-order valence-corrected chi connectivity index (χ1v) is 4.27. The standard InChI is InChI=1S/C7H12O2S2/c1-3-5(2)7(8)9-4-6(10)11/h3,6,10-11H,4H2,1-2H3. The summed E-state index contributed by atoms with van der Waals surface area (Å²) in [5.41, 5.74) is 0.604. The molecule has 0 aromatic heterocycles. The normalized spacial score (nSPS) is 11.9. The third-order valence-electron chi connectivity index (χ3n) is 1.12. The number of hydrogen-bond acceptors (Lipinski definition) is 4. The van der Waals surface area contributed by atoms with Crippen molar-refractivity contribution in [3.63, 3.8) is 0 Å². The zero-order chi connectivity index (χ0) is 8.85. The lowest BCUT2D eigenvalue weighted by molar-refractivity contribution is -0.138. The van der Waals surface area contributed by atoms with Crippen molar-refractivity contribution < 1.29 is 9.53 Å². The fourth-order valence-electron chi connectivity index (χ4n) is 0.382. The molecule has 0 aliphatic carbocycles. The molecule has 0 rings (SSSR count). The molecule has 11 heavy (non-hydrogen) atoms. The molecule has 0 aliphatic rings. The van der Waals surface area contributed by atoms with E-state index < -0.39 is 0 Å². The monoisotopic (exact) mass is 192 g/mol. The van der Waals surface area contributed by atoms with Crippen LogP contribution in [0.5, 0.6) is 0 Å². The van der Waals surface area contributed by atoms with Gasteiger partial charge in [0, 0.05) is 5.57 Å². The maximum Gasteiger partial charge on any atom is 0.333 e. The molecule has 0 aromatic carbocycles. The molecular formula is C7H12O2S2. The summed E-state index contributed by atoms with van der Waals surface area (Å²) in [6.45, 7) is 3.72. The molecule has 0 spiro atoms. The average molecular weight is 192 g/mol. The van der Waals surface area contributed by atoms with Gasteiger partial charge in [0.2, 0.25) is 0 Å². The van der Waals surface area contributed by atoms with Gasteiger partial charge in [-0.3, -0.25) is 0 Å². The number of rotatable bonds is 3. The molecule has 0 bridgehead atoms. The molecule has 0 heterocycles. The first kappa shape index (κ1) is 10.9. The highest BCUT2D eigenvalue weighted by Crippen LogP contribution is 2.02. The fourth-order valence-corrected chi connectivity index (χ4v) is 0.531. The number of carbonyl (C=O) groups is 1. The van der Waals surface area contributed by atoms with Gasteiger partial charge < -0.3 is 4.74 Å². The lowest BCUT2D eigenvalue weighted by atomic mass is 10.3. The van der Waals surface area contributed by atoms with Gasteiger partial charge in [0.25, 0.3) is 0 Å². The molecule has 0 N–H and O–H groups in total. The van der Waals surface area contributed by atoms with E-state index in [1.165, 1.54) is 0 Å². The average Bonchev–Trinajstić information content (AvgIpc) is 1.98. The van der Waals surface area contributed by atoms with Gasteiger partial charge in [0.05, 0.1) is 4.58 Å². The quantitative estimate of drug-likeness (QED) is 0.308. The second kappa shape index (κ2) is 5.55. The van der Waals surface area contributed by atoms with Crippen LogP contribution in [0, 0.1) is 0 Å². The van der Waals surface area contributed by atoms with E-state index in [9.17, 15) is 4.79 Å². The molecule has 0 saturated carbocycles. The van der Waals surface area contributed by atoms with E-state index in [2.05, 4.69) is 25.3 Å². The van der Waals surface area contributed by atoms with Crippen LogP contribution in [0.4, 0.5) is 0 Å². The number of thiol groups is 2. The maximum absolute atomic E-state index is 10.9. The van der Waals surface area contributed by atoms with Crippen molar-refractivity contribution in [2.45, 2.75) is 18.4 Å². The van der Waals surface area contributed by atoms with E-state index in [0.717, 1.165) is 0 Å². The van der Waals surface area contributed by atoms with Crippen molar-refractivity contribution in [3.05, 3.63) is 11.6 Å². The highest BCUT2D eigenvalue weighted by atomic mass is 32.2. The van der Waals surface area contributed by atoms with Gasteiger partial charge in [-0.2, -0.15) is 25.3 Å². The summed E-state index contributed by atoms with van der Waals surface area (Å²) in [5.74, 6) is -0.305. The highest BCUT2D eigenvalue weighted by Gasteiger charge is 2.05. The number of esters is 1. The SMILES string of the molecule is CC=C(C)C(=O)OCC(S)S. The molecule has 0 aromatic rings. The summed E-state index contributed by atoms with van der Waals surface area (Å²) in [5, 5.41) is 0. The van der Waals surface area contributed by atoms with Gasteiger partial charge in [-0.25, -0.2) is 4.79 Å². The molecule has 0 saturated heterocycles. The van der Waals surface area contributed by atoms with E-state index in [-0.39, 0.29) is 17.2 Å². The van der Waals surface area contributed by atoms with Crippen LogP contribution in [-0.2, 0) is 9.53 Å². The van der Waals surface area contributed by atoms with Gasteiger partial charge >= 0.3 is 5.97 Å². The van der Waals surface area contributed by atoms with Gasteiger partial charge in [-0.05, 0) is 13.8 Å². The first-order valence-electron chi connectivity index (χ1n) is 3.24. The Hall–Kier alpha value is -0.0900. The number of allylic oxidation sites excluding steroid dienone is 1. The topological polar surface area (TPSA) is 26.3 Å².